The van der Waals surface area contributed by atoms with Crippen LogP contribution in [0, 0.1) is 0 Å². The maximum Gasteiger partial charge on any atom is 0.308 e. The largest absolute Gasteiger partial charge is 0.497 e. The average Bonchev–Trinajstić information content (AvgIpc) is 2.40. The number of esters is 1. The molecule has 0 aliphatic carbocycles. The summed E-state index contributed by atoms with van der Waals surface area (Å²) in [7, 11) is 4.84. The minimum Gasteiger partial charge on any atom is -0.497 e. The van der Waals surface area contributed by atoms with Crippen LogP contribution in [0.25, 0.3) is 0 Å². The summed E-state index contributed by atoms with van der Waals surface area (Å²) in [6.45, 7) is 0.973. The van der Waals surface area contributed by atoms with E-state index >= 15 is 0 Å². The maximum absolute atomic E-state index is 11.0. The lowest BCUT2D eigenvalue weighted by molar-refractivity contribution is -0.141. The van der Waals surface area contributed by atoms with E-state index in [2.05, 4.69) is 10.1 Å². The molecule has 1 aromatic carbocycles. The molecule has 0 saturated carbocycles. The first kappa shape index (κ1) is 14.3. The fraction of sp³-hybridized carbons (Fsp3) is 0.462. The van der Waals surface area contributed by atoms with Gasteiger partial charge in [-0.1, -0.05) is 0 Å². The molecular formula is C13H19NO4. The van der Waals surface area contributed by atoms with Gasteiger partial charge in [0.1, 0.15) is 11.5 Å². The van der Waals surface area contributed by atoms with Gasteiger partial charge in [-0.25, -0.2) is 0 Å². The first-order valence-electron chi connectivity index (χ1n) is 5.72. The Bertz CT molecular complexity index is 393. The fourth-order valence-corrected chi connectivity index (χ4v) is 1.50. The Morgan fingerprint density at radius 2 is 2.11 bits per heavy atom. The summed E-state index contributed by atoms with van der Waals surface area (Å²) >= 11 is 0. The molecule has 0 spiro atoms. The van der Waals surface area contributed by atoms with Crippen molar-refractivity contribution < 1.29 is 19.0 Å². The highest BCUT2D eigenvalue weighted by Crippen LogP contribution is 2.24. The zero-order valence-corrected chi connectivity index (χ0v) is 11.0. The number of hydrogen-bond donors (Lipinski definition) is 1. The number of nitrogens with one attached hydrogen (secondary N) is 1. The van der Waals surface area contributed by atoms with E-state index in [4.69, 9.17) is 9.47 Å². The van der Waals surface area contributed by atoms with Crippen molar-refractivity contribution in [2.24, 2.45) is 0 Å². The normalized spacial score (nSPS) is 9.94. The Kier molecular flexibility index (Phi) is 6.00. The van der Waals surface area contributed by atoms with Crippen LogP contribution in [-0.2, 0) is 16.1 Å². The SMILES string of the molecule is CNCc1cc(OC)ccc1OCCC(=O)OC. The molecule has 5 nitrogen and oxygen atoms in total. The predicted molar refractivity (Wildman–Crippen MR) is 67.9 cm³/mol. The summed E-state index contributed by atoms with van der Waals surface area (Å²) in [5.41, 5.74) is 0.988. The number of benzene rings is 1. The maximum atomic E-state index is 11.0. The topological polar surface area (TPSA) is 56.8 Å². The molecule has 0 saturated heterocycles. The van der Waals surface area contributed by atoms with Crippen LogP contribution in [0.15, 0.2) is 18.2 Å². The van der Waals surface area contributed by atoms with Gasteiger partial charge in [-0.05, 0) is 25.2 Å². The summed E-state index contributed by atoms with van der Waals surface area (Å²) in [5, 5.41) is 3.06. The summed E-state index contributed by atoms with van der Waals surface area (Å²) in [6.07, 6.45) is 0.238. The third-order valence-corrected chi connectivity index (χ3v) is 2.43. The number of methoxy groups -OCH3 is 2. The van der Waals surface area contributed by atoms with Crippen molar-refractivity contribution in [3.63, 3.8) is 0 Å². The predicted octanol–water partition coefficient (Wildman–Crippen LogP) is 1.36. The second kappa shape index (κ2) is 7.55. The highest BCUT2D eigenvalue weighted by molar-refractivity contribution is 5.69. The number of hydrogen-bond acceptors (Lipinski definition) is 5. The van der Waals surface area contributed by atoms with E-state index in [0.29, 0.717) is 13.2 Å². The van der Waals surface area contributed by atoms with Crippen molar-refractivity contribution in [3.8, 4) is 11.5 Å². The van der Waals surface area contributed by atoms with Crippen molar-refractivity contribution in [1.29, 1.82) is 0 Å². The van der Waals surface area contributed by atoms with Crippen LogP contribution in [0.1, 0.15) is 12.0 Å². The standard InChI is InChI=1S/C13H19NO4/c1-14-9-10-8-11(16-2)4-5-12(10)18-7-6-13(15)17-3/h4-5,8,14H,6-7,9H2,1-3H3. The molecular weight excluding hydrogens is 234 g/mol. The minimum absolute atomic E-state index is 0.238. The third kappa shape index (κ3) is 4.25. The van der Waals surface area contributed by atoms with E-state index < -0.39 is 0 Å². The second-order valence-corrected chi connectivity index (χ2v) is 3.68. The van der Waals surface area contributed by atoms with Gasteiger partial charge in [0.2, 0.25) is 0 Å². The third-order valence-electron chi connectivity index (χ3n) is 2.43. The van der Waals surface area contributed by atoms with Gasteiger partial charge in [-0.2, -0.15) is 0 Å². The monoisotopic (exact) mass is 253 g/mol. The lowest BCUT2D eigenvalue weighted by Crippen LogP contribution is -2.11. The molecule has 0 bridgehead atoms. The lowest BCUT2D eigenvalue weighted by atomic mass is 10.2. The Morgan fingerprint density at radius 3 is 2.72 bits per heavy atom. The van der Waals surface area contributed by atoms with Crippen LogP contribution in [-0.4, -0.2) is 33.8 Å². The van der Waals surface area contributed by atoms with E-state index in [0.717, 1.165) is 17.1 Å². The molecule has 0 amide bonds. The fourth-order valence-electron chi connectivity index (χ4n) is 1.50. The highest BCUT2D eigenvalue weighted by Gasteiger charge is 2.06. The first-order chi connectivity index (χ1) is 8.71. The van der Waals surface area contributed by atoms with Gasteiger partial charge < -0.3 is 19.5 Å². The first-order valence-corrected chi connectivity index (χ1v) is 5.72. The van der Waals surface area contributed by atoms with Gasteiger partial charge in [0.15, 0.2) is 0 Å². The average molecular weight is 253 g/mol. The van der Waals surface area contributed by atoms with Crippen molar-refractivity contribution >= 4 is 5.97 Å². The number of carbonyl (C=O) groups is 1. The zero-order valence-electron chi connectivity index (χ0n) is 11.0. The van der Waals surface area contributed by atoms with Gasteiger partial charge >= 0.3 is 5.97 Å². The van der Waals surface area contributed by atoms with Gasteiger partial charge in [-0.15, -0.1) is 0 Å². The molecule has 0 fully saturated rings. The number of rotatable bonds is 7. The molecule has 100 valence electrons. The zero-order chi connectivity index (χ0) is 13.4. The van der Waals surface area contributed by atoms with Gasteiger partial charge in [0.25, 0.3) is 0 Å². The second-order valence-electron chi connectivity index (χ2n) is 3.68. The van der Waals surface area contributed by atoms with Crippen LogP contribution in [0.4, 0.5) is 0 Å². The summed E-state index contributed by atoms with van der Waals surface area (Å²) in [4.78, 5) is 11.0. The van der Waals surface area contributed by atoms with E-state index in [9.17, 15) is 4.79 Å². The Hall–Kier alpha value is -1.75. The molecule has 0 aromatic heterocycles. The Balaban J connectivity index is 2.65. The molecule has 1 N–H and O–H groups in total. The van der Waals surface area contributed by atoms with Gasteiger partial charge in [-0.3, -0.25) is 4.79 Å². The summed E-state index contributed by atoms with van der Waals surface area (Å²) in [6, 6.07) is 5.57. The molecule has 0 atom stereocenters. The molecule has 0 aliphatic heterocycles. The van der Waals surface area contributed by atoms with Gasteiger partial charge in [0.05, 0.1) is 27.2 Å². The number of carbonyl (C=O) groups excluding carboxylic acids is 1. The molecule has 0 heterocycles. The van der Waals surface area contributed by atoms with Crippen molar-refractivity contribution in [3.05, 3.63) is 23.8 Å². The van der Waals surface area contributed by atoms with Gasteiger partial charge in [0, 0.05) is 12.1 Å². The summed E-state index contributed by atoms with van der Waals surface area (Å²) in [5.74, 6) is 1.24. The lowest BCUT2D eigenvalue weighted by Gasteiger charge is -2.12. The van der Waals surface area contributed by atoms with Crippen molar-refractivity contribution in [2.75, 3.05) is 27.9 Å². The molecule has 1 rings (SSSR count). The minimum atomic E-state index is -0.279. The highest BCUT2D eigenvalue weighted by atomic mass is 16.5. The molecule has 0 unspecified atom stereocenters. The van der Waals surface area contributed by atoms with Crippen LogP contribution in [0.5, 0.6) is 11.5 Å². The molecule has 0 aliphatic rings. The van der Waals surface area contributed by atoms with Crippen molar-refractivity contribution in [2.45, 2.75) is 13.0 Å². The van der Waals surface area contributed by atoms with E-state index in [-0.39, 0.29) is 12.4 Å². The summed E-state index contributed by atoms with van der Waals surface area (Å²) < 4.78 is 15.3. The molecule has 1 aromatic rings. The number of ether oxygens (including phenoxy) is 3. The van der Waals surface area contributed by atoms with Crippen LogP contribution in [0.2, 0.25) is 0 Å². The Labute approximate surface area is 107 Å². The van der Waals surface area contributed by atoms with Crippen LogP contribution < -0.4 is 14.8 Å². The molecule has 0 radical (unpaired) electrons. The van der Waals surface area contributed by atoms with E-state index in [1.807, 2.05) is 25.2 Å². The van der Waals surface area contributed by atoms with E-state index in [1.165, 1.54) is 7.11 Å². The van der Waals surface area contributed by atoms with Crippen LogP contribution in [0.3, 0.4) is 0 Å². The van der Waals surface area contributed by atoms with E-state index in [1.54, 1.807) is 7.11 Å². The smallest absolute Gasteiger partial charge is 0.308 e. The Morgan fingerprint density at radius 1 is 1.33 bits per heavy atom. The molecule has 5 heteroatoms. The van der Waals surface area contributed by atoms with Crippen molar-refractivity contribution in [1.82, 2.24) is 5.32 Å². The van der Waals surface area contributed by atoms with Crippen LogP contribution >= 0.6 is 0 Å². The quantitative estimate of drug-likeness (QED) is 0.743. The molecule has 18 heavy (non-hydrogen) atoms.